The molecule has 8 heteroatoms. The predicted molar refractivity (Wildman–Crippen MR) is 115 cm³/mol. The van der Waals surface area contributed by atoms with Gasteiger partial charge in [-0.25, -0.2) is 4.79 Å². The summed E-state index contributed by atoms with van der Waals surface area (Å²) < 4.78 is 7.35. The van der Waals surface area contributed by atoms with Crippen LogP contribution in [0.25, 0.3) is 11.4 Å². The van der Waals surface area contributed by atoms with E-state index < -0.39 is 5.60 Å². The van der Waals surface area contributed by atoms with Crippen molar-refractivity contribution in [2.45, 2.75) is 46.1 Å². The Morgan fingerprint density at radius 1 is 1.20 bits per heavy atom. The number of aryl methyl sites for hydroxylation is 2. The molecular weight excluding hydrogens is 380 g/mol. The topological polar surface area (TPSA) is 85.2 Å². The Morgan fingerprint density at radius 2 is 1.90 bits per heavy atom. The molecule has 1 aliphatic heterocycles. The van der Waals surface area contributed by atoms with Gasteiger partial charge in [0.2, 0.25) is 0 Å². The lowest BCUT2D eigenvalue weighted by atomic mass is 10.0. The van der Waals surface area contributed by atoms with Gasteiger partial charge in [-0.15, -0.1) is 10.2 Å². The second kappa shape index (κ2) is 7.89. The second-order valence-corrected chi connectivity index (χ2v) is 9.73. The number of carbonyl (C=O) groups is 1. The summed E-state index contributed by atoms with van der Waals surface area (Å²) in [5.41, 5.74) is 2.47. The van der Waals surface area contributed by atoms with Crippen molar-refractivity contribution in [2.75, 3.05) is 25.0 Å². The number of nitrogens with one attached hydrogen (secondary N) is 1. The molecule has 8 nitrogen and oxygen atoms in total. The molecule has 1 aliphatic carbocycles. The first kappa shape index (κ1) is 20.6. The fourth-order valence-electron chi connectivity index (χ4n) is 4.78. The molecule has 162 valence electrons. The van der Waals surface area contributed by atoms with Crippen LogP contribution in [0.15, 0.2) is 18.3 Å². The van der Waals surface area contributed by atoms with E-state index in [0.717, 1.165) is 55.2 Å². The number of carbonyl (C=O) groups excluding carboxylic acids is 1. The van der Waals surface area contributed by atoms with Crippen molar-refractivity contribution >= 4 is 11.9 Å². The van der Waals surface area contributed by atoms with Crippen LogP contribution in [0.5, 0.6) is 0 Å². The molecule has 2 aromatic rings. The molecule has 1 saturated carbocycles. The van der Waals surface area contributed by atoms with Crippen molar-refractivity contribution in [1.82, 2.24) is 24.9 Å². The van der Waals surface area contributed by atoms with Gasteiger partial charge in [0, 0.05) is 26.7 Å². The summed E-state index contributed by atoms with van der Waals surface area (Å²) in [7, 11) is 1.91. The Labute approximate surface area is 178 Å². The number of anilines is 1. The van der Waals surface area contributed by atoms with Crippen LogP contribution in [-0.4, -0.2) is 56.2 Å². The summed E-state index contributed by atoms with van der Waals surface area (Å²) in [5.74, 6) is 2.55. The van der Waals surface area contributed by atoms with Crippen molar-refractivity contribution in [3.63, 3.8) is 0 Å². The van der Waals surface area contributed by atoms with Gasteiger partial charge in [0.15, 0.2) is 0 Å². The van der Waals surface area contributed by atoms with E-state index in [2.05, 4.69) is 20.6 Å². The summed E-state index contributed by atoms with van der Waals surface area (Å²) >= 11 is 0. The number of rotatable bonds is 4. The normalized spacial score (nSPS) is 23.5. The molecule has 2 atom stereocenters. The molecular formula is C22H32N6O2. The third-order valence-electron chi connectivity index (χ3n) is 6.10. The van der Waals surface area contributed by atoms with Crippen LogP contribution in [0.3, 0.4) is 0 Å². The molecule has 2 aliphatic rings. The largest absolute Gasteiger partial charge is 0.444 e. The highest BCUT2D eigenvalue weighted by atomic mass is 16.6. The van der Waals surface area contributed by atoms with Gasteiger partial charge in [-0.3, -0.25) is 4.68 Å². The Balaban J connectivity index is 1.26. The van der Waals surface area contributed by atoms with Crippen molar-refractivity contribution in [3.8, 4) is 11.4 Å². The highest BCUT2D eigenvalue weighted by Crippen LogP contribution is 2.41. The maximum absolute atomic E-state index is 12.3. The van der Waals surface area contributed by atoms with Gasteiger partial charge in [-0.1, -0.05) is 0 Å². The van der Waals surface area contributed by atoms with E-state index >= 15 is 0 Å². The molecule has 0 bridgehead atoms. The number of hydrogen-bond donors (Lipinski definition) is 1. The van der Waals surface area contributed by atoms with Crippen molar-refractivity contribution < 1.29 is 9.53 Å². The Hall–Kier alpha value is -2.64. The van der Waals surface area contributed by atoms with E-state index in [1.165, 1.54) is 0 Å². The van der Waals surface area contributed by atoms with E-state index in [1.807, 2.05) is 62.7 Å². The summed E-state index contributed by atoms with van der Waals surface area (Å²) in [6.07, 6.45) is 3.93. The maximum atomic E-state index is 12.3. The van der Waals surface area contributed by atoms with Crippen LogP contribution in [0, 0.1) is 24.7 Å². The van der Waals surface area contributed by atoms with Gasteiger partial charge in [0.05, 0.1) is 11.9 Å². The molecule has 2 aromatic heterocycles. The quantitative estimate of drug-likeness (QED) is 0.827. The maximum Gasteiger partial charge on any atom is 0.410 e. The van der Waals surface area contributed by atoms with E-state index in [0.29, 0.717) is 17.8 Å². The monoisotopic (exact) mass is 412 g/mol. The average Bonchev–Trinajstić information content (AvgIpc) is 3.32. The number of amides is 1. The van der Waals surface area contributed by atoms with Gasteiger partial charge < -0.3 is 15.0 Å². The molecule has 4 rings (SSSR count). The zero-order chi connectivity index (χ0) is 21.5. The minimum absolute atomic E-state index is 0.175. The lowest BCUT2D eigenvalue weighted by Gasteiger charge is -2.25. The van der Waals surface area contributed by atoms with Crippen LogP contribution < -0.4 is 5.32 Å². The molecule has 1 saturated heterocycles. The highest BCUT2D eigenvalue weighted by molar-refractivity contribution is 5.68. The highest BCUT2D eigenvalue weighted by Gasteiger charge is 2.43. The van der Waals surface area contributed by atoms with Crippen LogP contribution in [0.2, 0.25) is 0 Å². The Kier molecular flexibility index (Phi) is 5.42. The first-order valence-corrected chi connectivity index (χ1v) is 10.7. The number of likely N-dealkylation sites (tertiary alicyclic amines) is 1. The second-order valence-electron chi connectivity index (χ2n) is 9.73. The van der Waals surface area contributed by atoms with Crippen LogP contribution in [-0.2, 0) is 11.8 Å². The Bertz CT molecular complexity index is 868. The number of ether oxygens (including phenoxy) is 1. The van der Waals surface area contributed by atoms with Gasteiger partial charge in [-0.05, 0) is 76.0 Å². The minimum atomic E-state index is -0.437. The van der Waals surface area contributed by atoms with Crippen LogP contribution in [0.4, 0.5) is 10.6 Å². The Morgan fingerprint density at radius 3 is 2.43 bits per heavy atom. The first-order valence-electron chi connectivity index (χ1n) is 10.7. The van der Waals surface area contributed by atoms with Crippen LogP contribution >= 0.6 is 0 Å². The summed E-state index contributed by atoms with van der Waals surface area (Å²) in [4.78, 5) is 14.2. The summed E-state index contributed by atoms with van der Waals surface area (Å²) in [5, 5.41) is 16.4. The molecule has 3 heterocycles. The fraction of sp³-hybridized carbons (Fsp3) is 0.636. The van der Waals surface area contributed by atoms with Gasteiger partial charge >= 0.3 is 6.09 Å². The lowest BCUT2D eigenvalue weighted by molar-refractivity contribution is 0.0278. The molecule has 0 radical (unpaired) electrons. The van der Waals surface area contributed by atoms with E-state index in [1.54, 1.807) is 0 Å². The standard InChI is InChI=1S/C22H32N6O2/c1-14-10-24-27(5)20(14)18-6-7-19(26-25-18)23-11-15-8-16-12-28(13-17(16)9-15)21(29)30-22(2,3)4/h6-7,10,15-17H,8-9,11-13H2,1-5H3,(H,23,26). The van der Waals surface area contributed by atoms with E-state index in [4.69, 9.17) is 4.74 Å². The zero-order valence-electron chi connectivity index (χ0n) is 18.6. The molecule has 1 N–H and O–H groups in total. The number of hydrogen-bond acceptors (Lipinski definition) is 6. The molecule has 1 amide bonds. The minimum Gasteiger partial charge on any atom is -0.444 e. The van der Waals surface area contributed by atoms with E-state index in [9.17, 15) is 4.79 Å². The van der Waals surface area contributed by atoms with Gasteiger partial charge in [0.1, 0.15) is 17.1 Å². The van der Waals surface area contributed by atoms with Gasteiger partial charge in [0.25, 0.3) is 0 Å². The van der Waals surface area contributed by atoms with Crippen molar-refractivity contribution in [2.24, 2.45) is 24.8 Å². The van der Waals surface area contributed by atoms with E-state index in [-0.39, 0.29) is 6.09 Å². The third kappa shape index (κ3) is 4.42. The third-order valence-corrected chi connectivity index (χ3v) is 6.10. The summed E-state index contributed by atoms with van der Waals surface area (Å²) in [6, 6.07) is 3.97. The molecule has 2 unspecified atom stereocenters. The lowest BCUT2D eigenvalue weighted by Crippen LogP contribution is -2.36. The first-order chi connectivity index (χ1) is 14.2. The summed E-state index contributed by atoms with van der Waals surface area (Å²) in [6.45, 7) is 10.3. The predicted octanol–water partition coefficient (Wildman–Crippen LogP) is 3.49. The van der Waals surface area contributed by atoms with Crippen LogP contribution in [0.1, 0.15) is 39.2 Å². The zero-order valence-corrected chi connectivity index (χ0v) is 18.6. The smallest absolute Gasteiger partial charge is 0.410 e. The molecule has 2 fully saturated rings. The van der Waals surface area contributed by atoms with Crippen molar-refractivity contribution in [1.29, 1.82) is 0 Å². The molecule has 0 spiro atoms. The average molecular weight is 413 g/mol. The molecule has 0 aromatic carbocycles. The SMILES string of the molecule is Cc1cnn(C)c1-c1ccc(NCC2CC3CN(C(=O)OC(C)(C)C)CC3C2)nn1. The molecule has 30 heavy (non-hydrogen) atoms. The number of fused-ring (bicyclic) bond motifs is 1. The number of nitrogens with zero attached hydrogens (tertiary/aromatic N) is 5. The number of aromatic nitrogens is 4. The van der Waals surface area contributed by atoms with Crippen molar-refractivity contribution in [3.05, 3.63) is 23.9 Å². The fourth-order valence-corrected chi connectivity index (χ4v) is 4.78. The van der Waals surface area contributed by atoms with Gasteiger partial charge in [-0.2, -0.15) is 5.10 Å².